The molecule has 1 saturated carbocycles. The number of likely N-dealkylation sites (tertiary alicyclic amines) is 1. The number of hydrogen-bond donors (Lipinski definition) is 0. The van der Waals surface area contributed by atoms with Gasteiger partial charge in [0.1, 0.15) is 0 Å². The fourth-order valence-corrected chi connectivity index (χ4v) is 3.14. The second kappa shape index (κ2) is 4.33. The molecule has 1 saturated heterocycles. The van der Waals surface area contributed by atoms with Crippen molar-refractivity contribution in [1.29, 1.82) is 0 Å². The Kier molecular flexibility index (Phi) is 3.09. The summed E-state index contributed by atoms with van der Waals surface area (Å²) in [4.78, 5) is 13.9. The van der Waals surface area contributed by atoms with Crippen LogP contribution in [0.3, 0.4) is 0 Å². The van der Waals surface area contributed by atoms with Crippen LogP contribution in [0.2, 0.25) is 0 Å². The molecule has 14 heavy (non-hydrogen) atoms. The van der Waals surface area contributed by atoms with Crippen LogP contribution in [-0.2, 0) is 4.79 Å². The molecule has 1 aliphatic carbocycles. The summed E-state index contributed by atoms with van der Waals surface area (Å²) in [5.74, 6) is 1.20. The minimum atomic E-state index is 0.374. The van der Waals surface area contributed by atoms with Crippen molar-refractivity contribution in [2.75, 3.05) is 6.54 Å². The maximum atomic E-state index is 11.7. The van der Waals surface area contributed by atoms with Gasteiger partial charge < -0.3 is 4.90 Å². The molecule has 1 aliphatic heterocycles. The van der Waals surface area contributed by atoms with Crippen molar-refractivity contribution in [3.05, 3.63) is 0 Å². The van der Waals surface area contributed by atoms with E-state index in [1.807, 2.05) is 6.92 Å². The van der Waals surface area contributed by atoms with Crippen molar-refractivity contribution >= 4 is 5.91 Å². The first kappa shape index (κ1) is 10.0. The lowest BCUT2D eigenvalue weighted by Crippen LogP contribution is -2.38. The molecule has 2 heteroatoms. The first-order chi connectivity index (χ1) is 6.83. The highest BCUT2D eigenvalue weighted by Crippen LogP contribution is 2.35. The first-order valence-corrected chi connectivity index (χ1v) is 6.12. The third-order valence-corrected chi connectivity index (χ3v) is 3.87. The molecular formula is C12H21NO. The fraction of sp³-hybridized carbons (Fsp3) is 0.917. The maximum Gasteiger partial charge on any atom is 0.222 e. The van der Waals surface area contributed by atoms with Gasteiger partial charge >= 0.3 is 0 Å². The van der Waals surface area contributed by atoms with E-state index in [1.165, 1.54) is 38.5 Å². The molecule has 2 nitrogen and oxygen atoms in total. The van der Waals surface area contributed by atoms with E-state index in [2.05, 4.69) is 4.90 Å². The third-order valence-electron chi connectivity index (χ3n) is 3.87. The summed E-state index contributed by atoms with van der Waals surface area (Å²) in [6.45, 7) is 3.00. The van der Waals surface area contributed by atoms with Crippen LogP contribution in [0.5, 0.6) is 0 Å². The van der Waals surface area contributed by atoms with E-state index in [9.17, 15) is 4.79 Å². The quantitative estimate of drug-likeness (QED) is 0.663. The Morgan fingerprint density at radius 2 is 1.93 bits per heavy atom. The summed E-state index contributed by atoms with van der Waals surface area (Å²) in [7, 11) is 0. The van der Waals surface area contributed by atoms with Gasteiger partial charge in [0.2, 0.25) is 5.91 Å². The van der Waals surface area contributed by atoms with Crippen LogP contribution >= 0.6 is 0 Å². The molecule has 0 aromatic rings. The Balaban J connectivity index is 1.98. The SMILES string of the molecule is CCC(=O)N1CCCC1C1CCCC1. The molecule has 2 rings (SSSR count). The Morgan fingerprint density at radius 3 is 2.57 bits per heavy atom. The zero-order valence-electron chi connectivity index (χ0n) is 9.17. The second-order valence-corrected chi connectivity index (χ2v) is 4.69. The van der Waals surface area contributed by atoms with Crippen molar-refractivity contribution in [2.24, 2.45) is 5.92 Å². The van der Waals surface area contributed by atoms with Crippen LogP contribution in [0, 0.1) is 5.92 Å². The van der Waals surface area contributed by atoms with E-state index in [1.54, 1.807) is 0 Å². The molecule has 1 unspecified atom stereocenters. The van der Waals surface area contributed by atoms with Crippen LogP contribution in [0.25, 0.3) is 0 Å². The molecule has 0 aromatic heterocycles. The number of amides is 1. The molecule has 1 atom stereocenters. The standard InChI is InChI=1S/C12H21NO/c1-2-12(14)13-9-5-8-11(13)10-6-3-4-7-10/h10-11H,2-9H2,1H3. The zero-order chi connectivity index (χ0) is 9.97. The summed E-state index contributed by atoms with van der Waals surface area (Å²) in [6.07, 6.45) is 8.66. The first-order valence-electron chi connectivity index (χ1n) is 6.12. The molecule has 2 aliphatic rings. The number of hydrogen-bond acceptors (Lipinski definition) is 1. The normalized spacial score (nSPS) is 28.6. The lowest BCUT2D eigenvalue weighted by molar-refractivity contribution is -0.132. The van der Waals surface area contributed by atoms with Gasteiger partial charge in [0.15, 0.2) is 0 Å². The lowest BCUT2D eigenvalue weighted by Gasteiger charge is -2.29. The highest BCUT2D eigenvalue weighted by atomic mass is 16.2. The number of carbonyl (C=O) groups is 1. The summed E-state index contributed by atoms with van der Waals surface area (Å²) in [5.41, 5.74) is 0. The molecule has 0 aromatic carbocycles. The van der Waals surface area contributed by atoms with Crippen molar-refractivity contribution in [3.63, 3.8) is 0 Å². The van der Waals surface area contributed by atoms with Crippen molar-refractivity contribution in [2.45, 2.75) is 57.9 Å². The maximum absolute atomic E-state index is 11.7. The van der Waals surface area contributed by atoms with Gasteiger partial charge in [0.05, 0.1) is 0 Å². The number of rotatable bonds is 2. The molecule has 2 fully saturated rings. The van der Waals surface area contributed by atoms with E-state index in [0.717, 1.165) is 12.5 Å². The van der Waals surface area contributed by atoms with E-state index in [4.69, 9.17) is 0 Å². The Hall–Kier alpha value is -0.530. The van der Waals surface area contributed by atoms with Gasteiger partial charge in [-0.05, 0) is 31.6 Å². The predicted molar refractivity (Wildman–Crippen MR) is 57.0 cm³/mol. The average molecular weight is 195 g/mol. The lowest BCUT2D eigenvalue weighted by atomic mass is 9.96. The summed E-state index contributed by atoms with van der Waals surface area (Å²) in [5, 5.41) is 0. The molecule has 0 bridgehead atoms. The monoisotopic (exact) mass is 195 g/mol. The highest BCUT2D eigenvalue weighted by Gasteiger charge is 2.34. The molecule has 0 radical (unpaired) electrons. The van der Waals surface area contributed by atoms with Crippen molar-refractivity contribution in [1.82, 2.24) is 4.90 Å². The van der Waals surface area contributed by atoms with Gasteiger partial charge in [0, 0.05) is 19.0 Å². The van der Waals surface area contributed by atoms with Gasteiger partial charge in [0.25, 0.3) is 0 Å². The van der Waals surface area contributed by atoms with Crippen LogP contribution in [-0.4, -0.2) is 23.4 Å². The molecule has 0 N–H and O–H groups in total. The molecular weight excluding hydrogens is 174 g/mol. The fourth-order valence-electron chi connectivity index (χ4n) is 3.14. The summed E-state index contributed by atoms with van der Waals surface area (Å²) >= 11 is 0. The van der Waals surface area contributed by atoms with E-state index < -0.39 is 0 Å². The number of nitrogens with zero attached hydrogens (tertiary/aromatic N) is 1. The van der Waals surface area contributed by atoms with Crippen molar-refractivity contribution < 1.29 is 4.79 Å². The van der Waals surface area contributed by atoms with Gasteiger partial charge in [-0.2, -0.15) is 0 Å². The van der Waals surface area contributed by atoms with Crippen LogP contribution in [0.4, 0.5) is 0 Å². The van der Waals surface area contributed by atoms with E-state index in [-0.39, 0.29) is 0 Å². The summed E-state index contributed by atoms with van der Waals surface area (Å²) in [6, 6.07) is 0.602. The molecule has 1 heterocycles. The predicted octanol–water partition coefficient (Wildman–Crippen LogP) is 2.58. The average Bonchev–Trinajstić information content (AvgIpc) is 2.85. The Labute approximate surface area is 86.7 Å². The van der Waals surface area contributed by atoms with Gasteiger partial charge in [-0.3, -0.25) is 4.79 Å². The van der Waals surface area contributed by atoms with Crippen LogP contribution in [0.1, 0.15) is 51.9 Å². The molecule has 0 spiro atoms. The van der Waals surface area contributed by atoms with Crippen molar-refractivity contribution in [3.8, 4) is 0 Å². The van der Waals surface area contributed by atoms with Crippen LogP contribution < -0.4 is 0 Å². The van der Waals surface area contributed by atoms with E-state index in [0.29, 0.717) is 18.4 Å². The van der Waals surface area contributed by atoms with Gasteiger partial charge in [-0.25, -0.2) is 0 Å². The molecule has 80 valence electrons. The second-order valence-electron chi connectivity index (χ2n) is 4.69. The smallest absolute Gasteiger partial charge is 0.222 e. The highest BCUT2D eigenvalue weighted by molar-refractivity contribution is 5.76. The minimum Gasteiger partial charge on any atom is -0.339 e. The zero-order valence-corrected chi connectivity index (χ0v) is 9.17. The van der Waals surface area contributed by atoms with E-state index >= 15 is 0 Å². The third kappa shape index (κ3) is 1.79. The number of carbonyl (C=O) groups excluding carboxylic acids is 1. The Morgan fingerprint density at radius 1 is 1.21 bits per heavy atom. The van der Waals surface area contributed by atoms with Crippen LogP contribution in [0.15, 0.2) is 0 Å². The topological polar surface area (TPSA) is 20.3 Å². The molecule has 1 amide bonds. The minimum absolute atomic E-state index is 0.374. The Bertz CT molecular complexity index is 208. The van der Waals surface area contributed by atoms with Gasteiger partial charge in [-0.1, -0.05) is 19.8 Å². The summed E-state index contributed by atoms with van der Waals surface area (Å²) < 4.78 is 0. The van der Waals surface area contributed by atoms with Gasteiger partial charge in [-0.15, -0.1) is 0 Å². The largest absolute Gasteiger partial charge is 0.339 e.